The van der Waals surface area contributed by atoms with Crippen molar-refractivity contribution in [2.24, 2.45) is 0 Å². The van der Waals surface area contributed by atoms with Crippen LogP contribution in [-0.2, 0) is 4.79 Å². The van der Waals surface area contributed by atoms with Gasteiger partial charge in [0.15, 0.2) is 0 Å². The van der Waals surface area contributed by atoms with Gasteiger partial charge in [0, 0.05) is 18.4 Å². The SMILES string of the molecule is CC(CC(=O)O)NC(=O)c1ncccn1. The van der Waals surface area contributed by atoms with E-state index in [0.29, 0.717) is 0 Å². The quantitative estimate of drug-likeness (QED) is 0.732. The second-order valence-electron chi connectivity index (χ2n) is 3.04. The Bertz CT molecular complexity index is 353. The van der Waals surface area contributed by atoms with E-state index in [9.17, 15) is 9.59 Å². The fourth-order valence-electron chi connectivity index (χ4n) is 1.02. The lowest BCUT2D eigenvalue weighted by Crippen LogP contribution is -2.35. The van der Waals surface area contributed by atoms with Crippen molar-refractivity contribution >= 4 is 11.9 Å². The van der Waals surface area contributed by atoms with E-state index in [-0.39, 0.29) is 12.2 Å². The number of carboxylic acid groups (broad SMARTS) is 1. The number of hydrogen-bond donors (Lipinski definition) is 2. The summed E-state index contributed by atoms with van der Waals surface area (Å²) in [6.45, 7) is 1.61. The lowest BCUT2D eigenvalue weighted by atomic mass is 10.2. The van der Waals surface area contributed by atoms with Crippen molar-refractivity contribution in [1.82, 2.24) is 15.3 Å². The molecule has 6 nitrogen and oxygen atoms in total. The molecule has 80 valence electrons. The van der Waals surface area contributed by atoms with Crippen LogP contribution in [0.1, 0.15) is 24.0 Å². The Hall–Kier alpha value is -1.98. The van der Waals surface area contributed by atoms with Crippen molar-refractivity contribution in [2.45, 2.75) is 19.4 Å². The number of carbonyl (C=O) groups excluding carboxylic acids is 1. The number of carboxylic acids is 1. The lowest BCUT2D eigenvalue weighted by molar-refractivity contribution is -0.137. The molecule has 0 aliphatic carbocycles. The van der Waals surface area contributed by atoms with Crippen molar-refractivity contribution in [3.8, 4) is 0 Å². The molecule has 1 heterocycles. The van der Waals surface area contributed by atoms with E-state index in [0.717, 1.165) is 0 Å². The molecule has 0 saturated heterocycles. The largest absolute Gasteiger partial charge is 0.481 e. The zero-order valence-corrected chi connectivity index (χ0v) is 8.17. The second kappa shape index (κ2) is 5.04. The van der Waals surface area contributed by atoms with Crippen LogP contribution in [0.15, 0.2) is 18.5 Å². The van der Waals surface area contributed by atoms with Gasteiger partial charge >= 0.3 is 5.97 Å². The van der Waals surface area contributed by atoms with Crippen LogP contribution in [0.3, 0.4) is 0 Å². The van der Waals surface area contributed by atoms with Gasteiger partial charge < -0.3 is 10.4 Å². The Morgan fingerprint density at radius 1 is 1.47 bits per heavy atom. The van der Waals surface area contributed by atoms with Crippen LogP contribution < -0.4 is 5.32 Å². The van der Waals surface area contributed by atoms with Crippen LogP contribution in [0, 0.1) is 0 Å². The first kappa shape index (κ1) is 11.1. The molecule has 6 heteroatoms. The highest BCUT2D eigenvalue weighted by atomic mass is 16.4. The van der Waals surface area contributed by atoms with Crippen molar-refractivity contribution in [2.75, 3.05) is 0 Å². The minimum absolute atomic E-state index is 0.0368. The van der Waals surface area contributed by atoms with Crippen molar-refractivity contribution < 1.29 is 14.7 Å². The molecule has 0 aliphatic rings. The summed E-state index contributed by atoms with van der Waals surface area (Å²) in [4.78, 5) is 29.2. The zero-order chi connectivity index (χ0) is 11.3. The molecule has 0 aromatic carbocycles. The summed E-state index contributed by atoms with van der Waals surface area (Å²) in [7, 11) is 0. The molecule has 0 bridgehead atoms. The van der Waals surface area contributed by atoms with E-state index in [1.165, 1.54) is 12.4 Å². The Morgan fingerprint density at radius 3 is 2.60 bits per heavy atom. The lowest BCUT2D eigenvalue weighted by Gasteiger charge is -2.09. The molecule has 0 fully saturated rings. The third-order valence-electron chi connectivity index (χ3n) is 1.63. The number of aliphatic carboxylic acids is 1. The standard InChI is InChI=1S/C9H11N3O3/c1-6(5-7(13)14)12-9(15)8-10-3-2-4-11-8/h2-4,6H,5H2,1H3,(H,12,15)(H,13,14). The molecule has 0 radical (unpaired) electrons. The number of nitrogens with one attached hydrogen (secondary N) is 1. The molecule has 2 N–H and O–H groups in total. The Balaban J connectivity index is 2.53. The van der Waals surface area contributed by atoms with Crippen molar-refractivity contribution in [3.63, 3.8) is 0 Å². The van der Waals surface area contributed by atoms with Crippen LogP contribution in [-0.4, -0.2) is 33.0 Å². The highest BCUT2D eigenvalue weighted by Gasteiger charge is 2.13. The Morgan fingerprint density at radius 2 is 2.07 bits per heavy atom. The molecular weight excluding hydrogens is 198 g/mol. The van der Waals surface area contributed by atoms with Gasteiger partial charge in [0.1, 0.15) is 0 Å². The molecular formula is C9H11N3O3. The van der Waals surface area contributed by atoms with Gasteiger partial charge in [-0.25, -0.2) is 9.97 Å². The fourth-order valence-corrected chi connectivity index (χ4v) is 1.02. The molecule has 0 saturated carbocycles. The molecule has 1 amide bonds. The number of rotatable bonds is 4. The third kappa shape index (κ3) is 3.72. The normalized spacial score (nSPS) is 11.8. The summed E-state index contributed by atoms with van der Waals surface area (Å²) in [6, 6.07) is 1.15. The van der Waals surface area contributed by atoms with Gasteiger partial charge in [0.05, 0.1) is 6.42 Å². The maximum atomic E-state index is 11.4. The predicted octanol–water partition coefficient (Wildman–Crippen LogP) is 0.0696. The minimum atomic E-state index is -0.961. The summed E-state index contributed by atoms with van der Waals surface area (Å²) >= 11 is 0. The molecule has 1 rings (SSSR count). The molecule has 0 aliphatic heterocycles. The summed E-state index contributed by atoms with van der Waals surface area (Å²) in [5.41, 5.74) is 0. The first-order valence-corrected chi connectivity index (χ1v) is 4.39. The van der Waals surface area contributed by atoms with E-state index in [1.54, 1.807) is 13.0 Å². The number of hydrogen-bond acceptors (Lipinski definition) is 4. The number of carbonyl (C=O) groups is 2. The van der Waals surface area contributed by atoms with Crippen molar-refractivity contribution in [1.29, 1.82) is 0 Å². The third-order valence-corrected chi connectivity index (χ3v) is 1.63. The van der Waals surface area contributed by atoms with E-state index in [2.05, 4.69) is 15.3 Å². The summed E-state index contributed by atoms with van der Waals surface area (Å²) in [5.74, 6) is -1.39. The van der Waals surface area contributed by atoms with Gasteiger partial charge in [-0.05, 0) is 13.0 Å². The summed E-state index contributed by atoms with van der Waals surface area (Å²) in [5, 5.41) is 11.0. The van der Waals surface area contributed by atoms with E-state index in [4.69, 9.17) is 5.11 Å². The van der Waals surface area contributed by atoms with Gasteiger partial charge in [-0.1, -0.05) is 0 Å². The number of nitrogens with zero attached hydrogens (tertiary/aromatic N) is 2. The van der Waals surface area contributed by atoms with Crippen LogP contribution in [0.4, 0.5) is 0 Å². The van der Waals surface area contributed by atoms with Gasteiger partial charge in [-0.2, -0.15) is 0 Å². The van der Waals surface area contributed by atoms with Gasteiger partial charge in [0.2, 0.25) is 5.82 Å². The van der Waals surface area contributed by atoms with Crippen LogP contribution in [0.5, 0.6) is 0 Å². The first-order valence-electron chi connectivity index (χ1n) is 4.39. The highest BCUT2D eigenvalue weighted by Crippen LogP contribution is 1.93. The second-order valence-corrected chi connectivity index (χ2v) is 3.04. The maximum absolute atomic E-state index is 11.4. The van der Waals surface area contributed by atoms with Crippen molar-refractivity contribution in [3.05, 3.63) is 24.3 Å². The molecule has 1 unspecified atom stereocenters. The maximum Gasteiger partial charge on any atom is 0.305 e. The topological polar surface area (TPSA) is 92.2 Å². The fraction of sp³-hybridized carbons (Fsp3) is 0.333. The van der Waals surface area contributed by atoms with E-state index in [1.807, 2.05) is 0 Å². The Kier molecular flexibility index (Phi) is 3.73. The van der Waals surface area contributed by atoms with Gasteiger partial charge in [-0.3, -0.25) is 9.59 Å². The van der Waals surface area contributed by atoms with Crippen LogP contribution >= 0.6 is 0 Å². The molecule has 15 heavy (non-hydrogen) atoms. The smallest absolute Gasteiger partial charge is 0.305 e. The predicted molar refractivity (Wildman–Crippen MR) is 51.2 cm³/mol. The van der Waals surface area contributed by atoms with Crippen LogP contribution in [0.25, 0.3) is 0 Å². The van der Waals surface area contributed by atoms with E-state index >= 15 is 0 Å². The molecule has 1 aromatic rings. The first-order chi connectivity index (χ1) is 7.09. The van der Waals surface area contributed by atoms with Crippen LogP contribution in [0.2, 0.25) is 0 Å². The average Bonchev–Trinajstić information content (AvgIpc) is 2.17. The summed E-state index contributed by atoms with van der Waals surface area (Å²) < 4.78 is 0. The monoisotopic (exact) mass is 209 g/mol. The average molecular weight is 209 g/mol. The number of amides is 1. The minimum Gasteiger partial charge on any atom is -0.481 e. The van der Waals surface area contributed by atoms with Gasteiger partial charge in [-0.15, -0.1) is 0 Å². The van der Waals surface area contributed by atoms with Gasteiger partial charge in [0.25, 0.3) is 5.91 Å². The highest BCUT2D eigenvalue weighted by molar-refractivity contribution is 5.90. The molecule has 1 aromatic heterocycles. The molecule has 1 atom stereocenters. The van der Waals surface area contributed by atoms with E-state index < -0.39 is 17.9 Å². The number of aromatic nitrogens is 2. The summed E-state index contributed by atoms with van der Waals surface area (Å²) in [6.07, 6.45) is 2.77. The molecule has 0 spiro atoms. The Labute approximate surface area is 86.4 Å². The zero-order valence-electron chi connectivity index (χ0n) is 8.17.